The second-order valence-electron chi connectivity index (χ2n) is 3.59. The predicted molar refractivity (Wildman–Crippen MR) is 70.0 cm³/mol. The van der Waals surface area contributed by atoms with Crippen molar-refractivity contribution >= 4 is 33.2 Å². The van der Waals surface area contributed by atoms with Crippen molar-refractivity contribution in [1.29, 1.82) is 0 Å². The number of aromatic nitrogens is 1. The van der Waals surface area contributed by atoms with Gasteiger partial charge in [-0.3, -0.25) is 0 Å². The van der Waals surface area contributed by atoms with Gasteiger partial charge in [0.25, 0.3) is 0 Å². The summed E-state index contributed by atoms with van der Waals surface area (Å²) in [6, 6.07) is 3.98. The van der Waals surface area contributed by atoms with Gasteiger partial charge in [0.2, 0.25) is 0 Å². The molecular weight excluding hydrogens is 288 g/mol. The summed E-state index contributed by atoms with van der Waals surface area (Å²) in [6.07, 6.45) is 3.75. The molecular formula is C11H11BrN2OS. The highest BCUT2D eigenvalue weighted by atomic mass is 79.9. The standard InChI is InChI=1S/C11H11BrN2OS/c1-14(9-4-11(16)15-7-9)6-8-2-3-10(12)13-5-8/h2-5H,6-7H2,1H3. The van der Waals surface area contributed by atoms with Crippen molar-refractivity contribution in [2.45, 2.75) is 6.54 Å². The molecule has 0 aromatic carbocycles. The van der Waals surface area contributed by atoms with Gasteiger partial charge in [0.1, 0.15) is 11.2 Å². The molecule has 2 heterocycles. The molecule has 0 atom stereocenters. The Hall–Kier alpha value is -0.940. The van der Waals surface area contributed by atoms with E-state index in [1.807, 2.05) is 31.5 Å². The van der Waals surface area contributed by atoms with Crippen molar-refractivity contribution < 1.29 is 4.74 Å². The van der Waals surface area contributed by atoms with Crippen LogP contribution in [0.4, 0.5) is 0 Å². The monoisotopic (exact) mass is 298 g/mol. The zero-order valence-electron chi connectivity index (χ0n) is 8.81. The minimum absolute atomic E-state index is 0.566. The number of hydrogen-bond donors (Lipinski definition) is 0. The number of pyridine rings is 1. The Balaban J connectivity index is 2.02. The molecule has 5 heteroatoms. The molecule has 0 radical (unpaired) electrons. The fourth-order valence-electron chi connectivity index (χ4n) is 1.46. The highest BCUT2D eigenvalue weighted by molar-refractivity contribution is 9.10. The zero-order valence-corrected chi connectivity index (χ0v) is 11.2. The van der Waals surface area contributed by atoms with E-state index >= 15 is 0 Å². The molecule has 1 aliphatic rings. The van der Waals surface area contributed by atoms with Crippen molar-refractivity contribution in [2.75, 3.05) is 13.7 Å². The first-order valence-corrected chi connectivity index (χ1v) is 6.04. The third-order valence-electron chi connectivity index (χ3n) is 2.35. The van der Waals surface area contributed by atoms with E-state index in [1.165, 1.54) is 0 Å². The first kappa shape index (κ1) is 11.5. The van der Waals surface area contributed by atoms with Crippen LogP contribution >= 0.6 is 28.1 Å². The summed E-state index contributed by atoms with van der Waals surface area (Å²) in [5.74, 6) is 0. The zero-order chi connectivity index (χ0) is 11.5. The quantitative estimate of drug-likeness (QED) is 0.632. The van der Waals surface area contributed by atoms with Crippen LogP contribution in [0.15, 0.2) is 34.7 Å². The van der Waals surface area contributed by atoms with E-state index in [1.54, 1.807) is 0 Å². The van der Waals surface area contributed by atoms with Crippen molar-refractivity contribution in [3.63, 3.8) is 0 Å². The Bertz CT molecular complexity index is 430. The van der Waals surface area contributed by atoms with Gasteiger partial charge in [-0.1, -0.05) is 6.07 Å². The molecule has 0 amide bonds. The minimum atomic E-state index is 0.566. The van der Waals surface area contributed by atoms with Crippen molar-refractivity contribution in [3.05, 3.63) is 40.3 Å². The van der Waals surface area contributed by atoms with Gasteiger partial charge in [0.15, 0.2) is 5.05 Å². The minimum Gasteiger partial charge on any atom is -0.477 e. The molecule has 0 N–H and O–H groups in total. The summed E-state index contributed by atoms with van der Waals surface area (Å²) in [5.41, 5.74) is 2.26. The Morgan fingerprint density at radius 3 is 2.94 bits per heavy atom. The van der Waals surface area contributed by atoms with E-state index in [0.29, 0.717) is 11.7 Å². The fraction of sp³-hybridized carbons (Fsp3) is 0.273. The van der Waals surface area contributed by atoms with Gasteiger partial charge >= 0.3 is 0 Å². The van der Waals surface area contributed by atoms with Crippen LogP contribution in [0.5, 0.6) is 0 Å². The van der Waals surface area contributed by atoms with Gasteiger partial charge in [0.05, 0.1) is 5.70 Å². The number of rotatable bonds is 3. The summed E-state index contributed by atoms with van der Waals surface area (Å²) in [6.45, 7) is 1.37. The Morgan fingerprint density at radius 1 is 1.56 bits per heavy atom. The SMILES string of the molecule is CN(Cc1ccc(Br)nc1)C1=CC(=S)OC1. The number of thiocarbonyl (C=S) groups is 1. The van der Waals surface area contributed by atoms with Gasteiger partial charge in [-0.25, -0.2) is 4.98 Å². The molecule has 2 rings (SSSR count). The van der Waals surface area contributed by atoms with Crippen molar-refractivity contribution in [1.82, 2.24) is 9.88 Å². The van der Waals surface area contributed by atoms with Crippen LogP contribution in [0.3, 0.4) is 0 Å². The molecule has 0 bridgehead atoms. The molecule has 0 saturated heterocycles. The number of hydrogen-bond acceptors (Lipinski definition) is 4. The molecule has 84 valence electrons. The number of likely N-dealkylation sites (N-methyl/N-ethyl adjacent to an activating group) is 1. The molecule has 0 spiro atoms. The maximum atomic E-state index is 5.22. The van der Waals surface area contributed by atoms with Gasteiger partial charge < -0.3 is 9.64 Å². The highest BCUT2D eigenvalue weighted by Gasteiger charge is 2.13. The summed E-state index contributed by atoms with van der Waals surface area (Å²) >= 11 is 8.27. The summed E-state index contributed by atoms with van der Waals surface area (Å²) in [5, 5.41) is 0.566. The average molecular weight is 299 g/mol. The van der Waals surface area contributed by atoms with Crippen LogP contribution in [0.1, 0.15) is 5.56 Å². The predicted octanol–water partition coefficient (Wildman–Crippen LogP) is 2.52. The maximum Gasteiger partial charge on any atom is 0.186 e. The second kappa shape index (κ2) is 4.93. The molecule has 0 aliphatic carbocycles. The average Bonchev–Trinajstić information content (AvgIpc) is 2.68. The second-order valence-corrected chi connectivity index (χ2v) is 4.80. The molecule has 3 nitrogen and oxygen atoms in total. The molecule has 1 aromatic heterocycles. The van der Waals surface area contributed by atoms with Crippen molar-refractivity contribution in [2.24, 2.45) is 0 Å². The highest BCUT2D eigenvalue weighted by Crippen LogP contribution is 2.15. The third kappa shape index (κ3) is 2.80. The lowest BCUT2D eigenvalue weighted by atomic mass is 10.2. The first-order chi connectivity index (χ1) is 7.65. The van der Waals surface area contributed by atoms with Crippen LogP contribution < -0.4 is 0 Å². The van der Waals surface area contributed by atoms with Crippen LogP contribution in [0.25, 0.3) is 0 Å². The topological polar surface area (TPSA) is 25.4 Å². The van der Waals surface area contributed by atoms with Gasteiger partial charge in [-0.15, -0.1) is 0 Å². The van der Waals surface area contributed by atoms with E-state index in [0.717, 1.165) is 22.4 Å². The van der Waals surface area contributed by atoms with Crippen LogP contribution in [-0.4, -0.2) is 28.6 Å². The lowest BCUT2D eigenvalue weighted by molar-refractivity contribution is 0.304. The Morgan fingerprint density at radius 2 is 2.38 bits per heavy atom. The van der Waals surface area contributed by atoms with E-state index in [4.69, 9.17) is 17.0 Å². The van der Waals surface area contributed by atoms with E-state index in [2.05, 4.69) is 25.8 Å². The van der Waals surface area contributed by atoms with Crippen molar-refractivity contribution in [3.8, 4) is 0 Å². The molecule has 16 heavy (non-hydrogen) atoms. The van der Waals surface area contributed by atoms with Gasteiger partial charge in [-0.2, -0.15) is 0 Å². The number of halogens is 1. The first-order valence-electron chi connectivity index (χ1n) is 4.84. The normalized spacial score (nSPS) is 14.6. The Kier molecular flexibility index (Phi) is 3.56. The molecule has 0 unspecified atom stereocenters. The van der Waals surface area contributed by atoms with Gasteiger partial charge in [0, 0.05) is 25.9 Å². The third-order valence-corrected chi connectivity index (χ3v) is 3.05. The smallest absolute Gasteiger partial charge is 0.186 e. The van der Waals surface area contributed by atoms with E-state index in [9.17, 15) is 0 Å². The summed E-state index contributed by atoms with van der Waals surface area (Å²) < 4.78 is 6.07. The van der Waals surface area contributed by atoms with Crippen LogP contribution in [0.2, 0.25) is 0 Å². The van der Waals surface area contributed by atoms with Gasteiger partial charge in [-0.05, 0) is 39.8 Å². The number of nitrogens with zero attached hydrogens (tertiary/aromatic N) is 2. The lowest BCUT2D eigenvalue weighted by Gasteiger charge is -2.19. The largest absolute Gasteiger partial charge is 0.477 e. The van der Waals surface area contributed by atoms with Crippen LogP contribution in [-0.2, 0) is 11.3 Å². The Labute approximate surface area is 108 Å². The molecule has 0 saturated carbocycles. The summed E-state index contributed by atoms with van der Waals surface area (Å²) in [4.78, 5) is 6.30. The maximum absolute atomic E-state index is 5.22. The molecule has 1 aliphatic heterocycles. The summed E-state index contributed by atoms with van der Waals surface area (Å²) in [7, 11) is 2.02. The molecule has 1 aromatic rings. The lowest BCUT2D eigenvalue weighted by Crippen LogP contribution is -2.18. The van der Waals surface area contributed by atoms with Crippen LogP contribution in [0, 0.1) is 0 Å². The van der Waals surface area contributed by atoms with E-state index < -0.39 is 0 Å². The number of ether oxygens (including phenoxy) is 1. The van der Waals surface area contributed by atoms with E-state index in [-0.39, 0.29) is 0 Å². The molecule has 0 fully saturated rings. The fourth-order valence-corrected chi connectivity index (χ4v) is 1.89.